The fourth-order valence-electron chi connectivity index (χ4n) is 1.46. The molecule has 1 rings (SSSR count). The molecule has 0 aliphatic rings. The van der Waals surface area contributed by atoms with Crippen molar-refractivity contribution in [3.05, 3.63) is 29.6 Å². The second-order valence-corrected chi connectivity index (χ2v) is 4.52. The zero-order valence-corrected chi connectivity index (χ0v) is 11.6. The third-order valence-electron chi connectivity index (χ3n) is 2.58. The highest BCUT2D eigenvalue weighted by atomic mass is 32.1. The van der Waals surface area contributed by atoms with E-state index in [1.807, 2.05) is 12.3 Å². The molecular weight excluding hydrogens is 230 g/mol. The molecule has 1 aromatic heterocycles. The topological polar surface area (TPSA) is 22.1 Å². The minimum atomic E-state index is 0.514. The van der Waals surface area contributed by atoms with E-state index in [-0.39, 0.29) is 0 Å². The number of pyridine rings is 1. The van der Waals surface area contributed by atoms with Gasteiger partial charge in [0.05, 0.1) is 6.61 Å². The minimum absolute atomic E-state index is 0.514. The summed E-state index contributed by atoms with van der Waals surface area (Å²) in [5, 5.41) is 0.514. The van der Waals surface area contributed by atoms with Crippen LogP contribution in [0.3, 0.4) is 0 Å². The SMILES string of the molecule is CCCCOC(=S)c1ccc(CCCC)cn1. The molecule has 1 aromatic rings. The summed E-state index contributed by atoms with van der Waals surface area (Å²) in [6.07, 6.45) is 7.56. The first-order valence-electron chi connectivity index (χ1n) is 6.40. The fraction of sp³-hybridized carbons (Fsp3) is 0.571. The fourth-order valence-corrected chi connectivity index (χ4v) is 1.66. The lowest BCUT2D eigenvalue weighted by molar-refractivity contribution is 0.305. The number of nitrogens with zero attached hydrogens (tertiary/aromatic N) is 1. The normalized spacial score (nSPS) is 10.2. The number of aryl methyl sites for hydroxylation is 1. The van der Waals surface area contributed by atoms with E-state index in [0.717, 1.165) is 25.0 Å². The zero-order valence-electron chi connectivity index (χ0n) is 10.7. The van der Waals surface area contributed by atoms with E-state index in [0.29, 0.717) is 11.7 Å². The van der Waals surface area contributed by atoms with E-state index in [4.69, 9.17) is 17.0 Å². The first-order valence-corrected chi connectivity index (χ1v) is 6.80. The molecule has 0 N–H and O–H groups in total. The van der Waals surface area contributed by atoms with Gasteiger partial charge in [0.15, 0.2) is 0 Å². The maximum atomic E-state index is 5.46. The molecule has 2 nitrogen and oxygen atoms in total. The Kier molecular flexibility index (Phi) is 6.78. The first kappa shape index (κ1) is 14.1. The Bertz CT molecular complexity index is 335. The van der Waals surface area contributed by atoms with Crippen LogP contribution < -0.4 is 0 Å². The Morgan fingerprint density at radius 3 is 2.59 bits per heavy atom. The smallest absolute Gasteiger partial charge is 0.210 e. The van der Waals surface area contributed by atoms with Crippen molar-refractivity contribution < 1.29 is 4.74 Å². The second-order valence-electron chi connectivity index (χ2n) is 4.14. The molecule has 0 radical (unpaired) electrons. The highest BCUT2D eigenvalue weighted by Crippen LogP contribution is 2.07. The van der Waals surface area contributed by atoms with Crippen LogP contribution in [0, 0.1) is 0 Å². The molecule has 94 valence electrons. The zero-order chi connectivity index (χ0) is 12.5. The molecule has 0 saturated carbocycles. The van der Waals surface area contributed by atoms with Gasteiger partial charge in [0.25, 0.3) is 0 Å². The summed E-state index contributed by atoms with van der Waals surface area (Å²) in [5.41, 5.74) is 2.04. The summed E-state index contributed by atoms with van der Waals surface area (Å²) in [6, 6.07) is 4.05. The van der Waals surface area contributed by atoms with E-state index in [1.165, 1.54) is 18.4 Å². The standard InChI is InChI=1S/C14H21NOS/c1-3-5-7-12-8-9-13(15-11-12)14(17)16-10-6-4-2/h8-9,11H,3-7,10H2,1-2H3. The van der Waals surface area contributed by atoms with Gasteiger partial charge in [0.2, 0.25) is 5.05 Å². The van der Waals surface area contributed by atoms with E-state index in [2.05, 4.69) is 24.9 Å². The van der Waals surface area contributed by atoms with Crippen LogP contribution in [0.15, 0.2) is 18.3 Å². The van der Waals surface area contributed by atoms with Gasteiger partial charge in [-0.15, -0.1) is 0 Å². The van der Waals surface area contributed by atoms with Crippen LogP contribution in [0.1, 0.15) is 50.8 Å². The predicted octanol–water partition coefficient (Wildman–Crippen LogP) is 3.92. The second kappa shape index (κ2) is 8.18. The van der Waals surface area contributed by atoms with Gasteiger partial charge in [-0.1, -0.05) is 32.8 Å². The van der Waals surface area contributed by atoms with Crippen LogP contribution in [0.4, 0.5) is 0 Å². The monoisotopic (exact) mass is 251 g/mol. The molecule has 1 heterocycles. The van der Waals surface area contributed by atoms with Crippen LogP contribution in [0.5, 0.6) is 0 Å². The predicted molar refractivity (Wildman–Crippen MR) is 75.4 cm³/mol. The average Bonchev–Trinajstić information content (AvgIpc) is 2.37. The first-order chi connectivity index (χ1) is 8.27. The third-order valence-corrected chi connectivity index (χ3v) is 2.91. The van der Waals surface area contributed by atoms with Gasteiger partial charge in [-0.25, -0.2) is 0 Å². The minimum Gasteiger partial charge on any atom is -0.482 e. The maximum absolute atomic E-state index is 5.46. The number of unbranched alkanes of at least 4 members (excludes halogenated alkanes) is 2. The van der Waals surface area contributed by atoms with Crippen LogP contribution >= 0.6 is 12.2 Å². The summed E-state index contributed by atoms with van der Waals surface area (Å²) < 4.78 is 5.46. The Balaban J connectivity index is 2.46. The quantitative estimate of drug-likeness (QED) is 0.542. The van der Waals surface area contributed by atoms with Crippen LogP contribution in [0.2, 0.25) is 0 Å². The Morgan fingerprint density at radius 1 is 1.24 bits per heavy atom. The molecule has 0 aliphatic heterocycles. The van der Waals surface area contributed by atoms with E-state index >= 15 is 0 Å². The number of ether oxygens (including phenoxy) is 1. The highest BCUT2D eigenvalue weighted by Gasteiger charge is 2.03. The lowest BCUT2D eigenvalue weighted by atomic mass is 10.1. The molecule has 3 heteroatoms. The van der Waals surface area contributed by atoms with Crippen molar-refractivity contribution >= 4 is 17.3 Å². The van der Waals surface area contributed by atoms with Crippen molar-refractivity contribution in [1.82, 2.24) is 4.98 Å². The van der Waals surface area contributed by atoms with Gasteiger partial charge in [-0.2, -0.15) is 0 Å². The third kappa shape index (κ3) is 5.26. The van der Waals surface area contributed by atoms with Crippen LogP contribution in [0.25, 0.3) is 0 Å². The van der Waals surface area contributed by atoms with Gasteiger partial charge >= 0.3 is 0 Å². The van der Waals surface area contributed by atoms with Crippen molar-refractivity contribution in [3.63, 3.8) is 0 Å². The van der Waals surface area contributed by atoms with Crippen LogP contribution in [-0.2, 0) is 11.2 Å². The van der Waals surface area contributed by atoms with Gasteiger partial charge in [-0.3, -0.25) is 4.98 Å². The molecule has 0 spiro atoms. The highest BCUT2D eigenvalue weighted by molar-refractivity contribution is 7.80. The summed E-state index contributed by atoms with van der Waals surface area (Å²) in [7, 11) is 0. The molecule has 17 heavy (non-hydrogen) atoms. The Labute approximate surface area is 109 Å². The van der Waals surface area contributed by atoms with E-state index in [9.17, 15) is 0 Å². The molecule has 0 saturated heterocycles. The Morgan fingerprint density at radius 2 is 2.00 bits per heavy atom. The number of thiocarbonyl (C=S) groups is 1. The number of hydrogen-bond donors (Lipinski definition) is 0. The molecule has 0 atom stereocenters. The van der Waals surface area contributed by atoms with Crippen molar-refractivity contribution in [1.29, 1.82) is 0 Å². The maximum Gasteiger partial charge on any atom is 0.210 e. The number of hydrogen-bond acceptors (Lipinski definition) is 3. The molecule has 0 bridgehead atoms. The van der Waals surface area contributed by atoms with Crippen molar-refractivity contribution in [2.24, 2.45) is 0 Å². The molecule has 0 aromatic carbocycles. The lowest BCUT2D eigenvalue weighted by Crippen LogP contribution is -2.07. The molecule has 0 aliphatic carbocycles. The van der Waals surface area contributed by atoms with Gasteiger partial charge in [0.1, 0.15) is 5.69 Å². The summed E-state index contributed by atoms with van der Waals surface area (Å²) in [6.45, 7) is 5.01. The average molecular weight is 251 g/mol. The van der Waals surface area contributed by atoms with E-state index < -0.39 is 0 Å². The summed E-state index contributed by atoms with van der Waals surface area (Å²) >= 11 is 5.18. The van der Waals surface area contributed by atoms with E-state index in [1.54, 1.807) is 0 Å². The van der Waals surface area contributed by atoms with Crippen molar-refractivity contribution in [2.45, 2.75) is 46.0 Å². The van der Waals surface area contributed by atoms with Gasteiger partial charge in [0, 0.05) is 6.20 Å². The number of rotatable bonds is 7. The largest absolute Gasteiger partial charge is 0.482 e. The van der Waals surface area contributed by atoms with Crippen LogP contribution in [-0.4, -0.2) is 16.6 Å². The number of aromatic nitrogens is 1. The lowest BCUT2D eigenvalue weighted by Gasteiger charge is -2.06. The van der Waals surface area contributed by atoms with Gasteiger partial charge < -0.3 is 4.74 Å². The van der Waals surface area contributed by atoms with Crippen molar-refractivity contribution in [2.75, 3.05) is 6.61 Å². The Hall–Kier alpha value is -0.960. The molecule has 0 amide bonds. The molecular formula is C14H21NOS. The summed E-state index contributed by atoms with van der Waals surface area (Å²) in [5.74, 6) is 0. The van der Waals surface area contributed by atoms with Crippen molar-refractivity contribution in [3.8, 4) is 0 Å². The molecule has 0 fully saturated rings. The van der Waals surface area contributed by atoms with Gasteiger partial charge in [-0.05, 0) is 43.1 Å². The molecule has 0 unspecified atom stereocenters. The summed E-state index contributed by atoms with van der Waals surface area (Å²) in [4.78, 5) is 4.34.